The first-order valence-corrected chi connectivity index (χ1v) is 3.57. The minimum absolute atomic E-state index is 0. The third kappa shape index (κ3) is 11.7. The molecular formula is C8H13NaO4. The van der Waals surface area contributed by atoms with Gasteiger partial charge in [-0.3, -0.25) is 9.59 Å². The van der Waals surface area contributed by atoms with Crippen molar-refractivity contribution in [1.29, 1.82) is 0 Å². The maximum atomic E-state index is 10.7. The van der Waals surface area contributed by atoms with Crippen molar-refractivity contribution >= 4 is 41.5 Å². The zero-order chi connectivity index (χ0) is 9.56. The summed E-state index contributed by atoms with van der Waals surface area (Å²) in [5.41, 5.74) is 0.860. The molecular weight excluding hydrogens is 183 g/mol. The number of aliphatic carboxylic acids is 1. The van der Waals surface area contributed by atoms with Crippen molar-refractivity contribution in [2.75, 3.05) is 0 Å². The fraction of sp³-hybridized carbons (Fsp3) is 0.500. The minimum atomic E-state index is -0.996. The van der Waals surface area contributed by atoms with Crippen LogP contribution in [0.25, 0.3) is 0 Å². The molecule has 0 fully saturated rings. The molecule has 70 valence electrons. The standard InChI is InChI=1S/C8H12O4.Na.H/c1-6(2)5-12-8(11)4-3-7(9)10;;/h5H,3-4H2,1-2H3,(H,9,10);;. The molecule has 0 spiro atoms. The summed E-state index contributed by atoms with van der Waals surface area (Å²) in [6.07, 6.45) is 1.04. The summed E-state index contributed by atoms with van der Waals surface area (Å²) in [4.78, 5) is 20.7. The maximum absolute atomic E-state index is 10.7. The number of carboxylic acid groups (broad SMARTS) is 1. The summed E-state index contributed by atoms with van der Waals surface area (Å²) in [6.45, 7) is 3.56. The van der Waals surface area contributed by atoms with Gasteiger partial charge in [0.15, 0.2) is 0 Å². The van der Waals surface area contributed by atoms with Gasteiger partial charge in [-0.2, -0.15) is 0 Å². The molecule has 0 radical (unpaired) electrons. The second-order valence-electron chi connectivity index (χ2n) is 2.58. The first-order valence-electron chi connectivity index (χ1n) is 3.57. The van der Waals surface area contributed by atoms with E-state index in [1.807, 2.05) is 0 Å². The topological polar surface area (TPSA) is 63.6 Å². The molecule has 0 aromatic rings. The van der Waals surface area contributed by atoms with Crippen molar-refractivity contribution < 1.29 is 19.4 Å². The molecule has 1 N–H and O–H groups in total. The zero-order valence-corrected chi connectivity index (χ0v) is 7.16. The van der Waals surface area contributed by atoms with Crippen LogP contribution in [0.3, 0.4) is 0 Å². The Balaban J connectivity index is 0. The van der Waals surface area contributed by atoms with E-state index in [1.165, 1.54) is 6.26 Å². The van der Waals surface area contributed by atoms with Gasteiger partial charge < -0.3 is 9.84 Å². The number of carboxylic acids is 1. The Labute approximate surface area is 99.2 Å². The Morgan fingerprint density at radius 3 is 2.23 bits per heavy atom. The Bertz CT molecular complexity index is 206. The molecule has 0 unspecified atom stereocenters. The van der Waals surface area contributed by atoms with E-state index in [2.05, 4.69) is 4.74 Å². The Morgan fingerprint density at radius 1 is 1.31 bits per heavy atom. The molecule has 0 aliphatic rings. The van der Waals surface area contributed by atoms with E-state index in [0.717, 1.165) is 5.57 Å². The van der Waals surface area contributed by atoms with Crippen LogP contribution in [-0.4, -0.2) is 46.6 Å². The van der Waals surface area contributed by atoms with Crippen LogP contribution in [0.1, 0.15) is 26.7 Å². The number of hydrogen-bond acceptors (Lipinski definition) is 3. The quantitative estimate of drug-likeness (QED) is 0.407. The van der Waals surface area contributed by atoms with Crippen LogP contribution in [0.15, 0.2) is 11.8 Å². The summed E-state index contributed by atoms with van der Waals surface area (Å²) in [7, 11) is 0. The number of carbonyl (C=O) groups excluding carboxylic acids is 1. The average Bonchev–Trinajstić information content (AvgIpc) is 1.96. The molecule has 0 saturated carbocycles. The Hall–Kier alpha value is -0.320. The van der Waals surface area contributed by atoms with Crippen molar-refractivity contribution in [2.24, 2.45) is 0 Å². The number of ether oxygens (including phenoxy) is 1. The van der Waals surface area contributed by atoms with Crippen LogP contribution in [0.2, 0.25) is 0 Å². The molecule has 0 saturated heterocycles. The zero-order valence-electron chi connectivity index (χ0n) is 7.16. The van der Waals surface area contributed by atoms with E-state index in [0.29, 0.717) is 0 Å². The van der Waals surface area contributed by atoms with Gasteiger partial charge in [-0.1, -0.05) is 0 Å². The van der Waals surface area contributed by atoms with Crippen molar-refractivity contribution in [3.8, 4) is 0 Å². The SMILES string of the molecule is CC(C)=COC(=O)CCC(=O)O.[NaH]. The molecule has 13 heavy (non-hydrogen) atoms. The van der Waals surface area contributed by atoms with Gasteiger partial charge in [-0.25, -0.2) is 0 Å². The average molecular weight is 196 g/mol. The molecule has 0 amide bonds. The summed E-state index contributed by atoms with van der Waals surface area (Å²) >= 11 is 0. The summed E-state index contributed by atoms with van der Waals surface area (Å²) < 4.78 is 4.59. The first-order chi connectivity index (χ1) is 5.52. The predicted octanol–water partition coefficient (Wildman–Crippen LogP) is 0.670. The van der Waals surface area contributed by atoms with Crippen molar-refractivity contribution in [3.05, 3.63) is 11.8 Å². The summed E-state index contributed by atoms with van der Waals surface area (Å²) in [5, 5.41) is 8.22. The van der Waals surface area contributed by atoms with Crippen LogP contribution >= 0.6 is 0 Å². The Morgan fingerprint density at radius 2 is 1.85 bits per heavy atom. The molecule has 0 bridgehead atoms. The molecule has 0 rings (SSSR count). The van der Waals surface area contributed by atoms with Crippen LogP contribution < -0.4 is 0 Å². The van der Waals surface area contributed by atoms with Gasteiger partial charge in [0.2, 0.25) is 0 Å². The van der Waals surface area contributed by atoms with Crippen LogP contribution in [0, 0.1) is 0 Å². The number of allylic oxidation sites excluding steroid dienone is 1. The number of esters is 1. The van der Waals surface area contributed by atoms with Gasteiger partial charge >= 0.3 is 41.5 Å². The number of carbonyl (C=O) groups is 2. The van der Waals surface area contributed by atoms with Gasteiger partial charge in [0.25, 0.3) is 0 Å². The van der Waals surface area contributed by atoms with E-state index in [-0.39, 0.29) is 42.4 Å². The fourth-order valence-electron chi connectivity index (χ4n) is 0.451. The van der Waals surface area contributed by atoms with Crippen LogP contribution in [0.5, 0.6) is 0 Å². The van der Waals surface area contributed by atoms with E-state index in [9.17, 15) is 9.59 Å². The van der Waals surface area contributed by atoms with Crippen molar-refractivity contribution in [2.45, 2.75) is 26.7 Å². The second-order valence-corrected chi connectivity index (χ2v) is 2.58. The van der Waals surface area contributed by atoms with Gasteiger partial charge in [0.1, 0.15) is 0 Å². The molecule has 0 aromatic heterocycles. The van der Waals surface area contributed by atoms with Gasteiger partial charge in [-0.15, -0.1) is 0 Å². The predicted molar refractivity (Wildman–Crippen MR) is 49.5 cm³/mol. The number of hydrogen-bond donors (Lipinski definition) is 1. The van der Waals surface area contributed by atoms with E-state index in [1.54, 1.807) is 13.8 Å². The fourth-order valence-corrected chi connectivity index (χ4v) is 0.451. The summed E-state index contributed by atoms with van der Waals surface area (Å²) in [5.74, 6) is -1.51. The normalized spacial score (nSPS) is 8.15. The van der Waals surface area contributed by atoms with Gasteiger partial charge in [0, 0.05) is 0 Å². The molecule has 5 heteroatoms. The van der Waals surface area contributed by atoms with Gasteiger partial charge in [0.05, 0.1) is 19.1 Å². The number of rotatable bonds is 4. The van der Waals surface area contributed by atoms with E-state index >= 15 is 0 Å². The third-order valence-electron chi connectivity index (χ3n) is 0.969. The molecule has 0 aliphatic heterocycles. The van der Waals surface area contributed by atoms with E-state index in [4.69, 9.17) is 5.11 Å². The first kappa shape index (κ1) is 15.2. The molecule has 0 aliphatic carbocycles. The van der Waals surface area contributed by atoms with E-state index < -0.39 is 11.9 Å². The Kier molecular flexibility index (Phi) is 9.67. The van der Waals surface area contributed by atoms with Gasteiger partial charge in [-0.05, 0) is 19.4 Å². The monoisotopic (exact) mass is 196 g/mol. The van der Waals surface area contributed by atoms with Crippen molar-refractivity contribution in [1.82, 2.24) is 0 Å². The van der Waals surface area contributed by atoms with Crippen molar-refractivity contribution in [3.63, 3.8) is 0 Å². The van der Waals surface area contributed by atoms with Crippen LogP contribution in [0.4, 0.5) is 0 Å². The molecule has 4 nitrogen and oxygen atoms in total. The third-order valence-corrected chi connectivity index (χ3v) is 0.969. The van der Waals surface area contributed by atoms with Crippen LogP contribution in [-0.2, 0) is 14.3 Å². The molecule has 0 heterocycles. The summed E-state index contributed by atoms with van der Waals surface area (Å²) in [6, 6.07) is 0. The molecule has 0 aromatic carbocycles. The molecule has 0 atom stereocenters. The second kappa shape index (κ2) is 8.29.